The minimum atomic E-state index is -0.315. The first kappa shape index (κ1) is 22.3. The molecule has 1 saturated heterocycles. The number of hydrogen-bond donors (Lipinski definition) is 1. The van der Waals surface area contributed by atoms with Gasteiger partial charge in [0.1, 0.15) is 5.82 Å². The first-order chi connectivity index (χ1) is 16.3. The van der Waals surface area contributed by atoms with Gasteiger partial charge in [-0.25, -0.2) is 4.39 Å². The monoisotopic (exact) mass is 465 g/mol. The summed E-state index contributed by atoms with van der Waals surface area (Å²) in [6, 6.07) is 3.64. The van der Waals surface area contributed by atoms with Crippen LogP contribution in [0.3, 0.4) is 0 Å². The Bertz CT molecular complexity index is 1250. The Labute approximate surface area is 197 Å². The van der Waals surface area contributed by atoms with Gasteiger partial charge < -0.3 is 9.80 Å². The van der Waals surface area contributed by atoms with Crippen LogP contribution in [0.2, 0.25) is 0 Å². The predicted molar refractivity (Wildman–Crippen MR) is 125 cm³/mol. The molecule has 1 fully saturated rings. The number of aryl methyl sites for hydroxylation is 1. The summed E-state index contributed by atoms with van der Waals surface area (Å²) >= 11 is 0. The fourth-order valence-electron chi connectivity index (χ4n) is 4.90. The Kier molecular flexibility index (Phi) is 5.68. The molecule has 0 saturated carbocycles. The first-order valence-electron chi connectivity index (χ1n) is 11.5. The zero-order valence-electron chi connectivity index (χ0n) is 19.6. The summed E-state index contributed by atoms with van der Waals surface area (Å²) in [5.74, 6) is -0.330. The van der Waals surface area contributed by atoms with Crippen molar-refractivity contribution in [1.82, 2.24) is 29.8 Å². The van der Waals surface area contributed by atoms with Gasteiger partial charge in [-0.1, -0.05) is 0 Å². The molecule has 0 unspecified atom stereocenters. The molecule has 4 heterocycles. The van der Waals surface area contributed by atoms with Crippen LogP contribution in [0.4, 0.5) is 10.1 Å². The standard InChI is InChI=1S/C24H28FN7O2/c1-15-12-32(24(34)17-11-27-29(2)13-17)9-8-31(15)14-16-10-26-28-23(16)19-4-6-20-18(22(19)25)5-7-21(33)30(20)3/h4,6,10-11,13,15H,5,7-9,12,14H2,1-3H3,(H,26,28)/t15-/m1/s1. The normalized spacial score (nSPS) is 18.9. The number of aromatic nitrogens is 4. The quantitative estimate of drug-likeness (QED) is 0.638. The molecule has 1 aromatic carbocycles. The van der Waals surface area contributed by atoms with E-state index in [0.29, 0.717) is 67.1 Å². The molecule has 0 aliphatic carbocycles. The highest BCUT2D eigenvalue weighted by molar-refractivity contribution is 5.96. The molecule has 0 radical (unpaired) electrons. The molecule has 2 amide bonds. The number of nitrogens with one attached hydrogen (secondary N) is 1. The van der Waals surface area contributed by atoms with Gasteiger partial charge in [0, 0.05) is 87.5 Å². The van der Waals surface area contributed by atoms with Gasteiger partial charge in [0.2, 0.25) is 5.91 Å². The molecule has 10 heteroatoms. The van der Waals surface area contributed by atoms with Gasteiger partial charge in [-0.2, -0.15) is 10.2 Å². The summed E-state index contributed by atoms with van der Waals surface area (Å²) in [7, 11) is 3.47. The van der Waals surface area contributed by atoms with Crippen molar-refractivity contribution in [2.24, 2.45) is 7.05 Å². The Morgan fingerprint density at radius 1 is 1.24 bits per heavy atom. The number of piperazine rings is 1. The zero-order chi connectivity index (χ0) is 24.0. The van der Waals surface area contributed by atoms with Crippen LogP contribution in [0.15, 0.2) is 30.7 Å². The maximum atomic E-state index is 15.5. The van der Waals surface area contributed by atoms with Gasteiger partial charge in [-0.15, -0.1) is 0 Å². The van der Waals surface area contributed by atoms with E-state index in [9.17, 15) is 9.59 Å². The highest BCUT2D eigenvalue weighted by Crippen LogP contribution is 2.35. The predicted octanol–water partition coefficient (Wildman–Crippen LogP) is 2.20. The number of fused-ring (bicyclic) bond motifs is 1. The minimum absolute atomic E-state index is 0.00440. The van der Waals surface area contributed by atoms with E-state index >= 15 is 4.39 Å². The van der Waals surface area contributed by atoms with Crippen molar-refractivity contribution >= 4 is 17.5 Å². The van der Waals surface area contributed by atoms with E-state index in [0.717, 1.165) is 5.56 Å². The fourth-order valence-corrected chi connectivity index (χ4v) is 4.90. The number of hydrogen-bond acceptors (Lipinski definition) is 5. The van der Waals surface area contributed by atoms with Gasteiger partial charge in [0.05, 0.1) is 17.5 Å². The molecule has 9 nitrogen and oxygen atoms in total. The number of nitrogens with zero attached hydrogens (tertiary/aromatic N) is 6. The van der Waals surface area contributed by atoms with E-state index in [2.05, 4.69) is 27.1 Å². The minimum Gasteiger partial charge on any atom is -0.336 e. The smallest absolute Gasteiger partial charge is 0.257 e. The lowest BCUT2D eigenvalue weighted by Crippen LogP contribution is -2.53. The molecule has 2 aliphatic heterocycles. The lowest BCUT2D eigenvalue weighted by atomic mass is 9.96. The second-order valence-electron chi connectivity index (χ2n) is 9.11. The second kappa shape index (κ2) is 8.68. The number of amides is 2. The third-order valence-electron chi connectivity index (χ3n) is 6.89. The van der Waals surface area contributed by atoms with Crippen LogP contribution in [0, 0.1) is 5.82 Å². The molecule has 1 atom stereocenters. The molecule has 34 heavy (non-hydrogen) atoms. The number of halogens is 1. The van der Waals surface area contributed by atoms with Crippen LogP contribution in [-0.4, -0.2) is 74.3 Å². The molecular weight excluding hydrogens is 437 g/mol. The van der Waals surface area contributed by atoms with Crippen molar-refractivity contribution in [1.29, 1.82) is 0 Å². The number of anilines is 1. The number of aromatic amines is 1. The highest BCUT2D eigenvalue weighted by atomic mass is 19.1. The molecule has 1 N–H and O–H groups in total. The van der Waals surface area contributed by atoms with Gasteiger partial charge >= 0.3 is 0 Å². The number of benzene rings is 1. The van der Waals surface area contributed by atoms with E-state index < -0.39 is 0 Å². The third-order valence-corrected chi connectivity index (χ3v) is 6.89. The number of carbonyl (C=O) groups is 2. The van der Waals surface area contributed by atoms with Crippen LogP contribution in [-0.2, 0) is 24.8 Å². The maximum absolute atomic E-state index is 15.5. The summed E-state index contributed by atoms with van der Waals surface area (Å²) in [6.07, 6.45) is 5.83. The molecule has 0 spiro atoms. The van der Waals surface area contributed by atoms with Crippen molar-refractivity contribution < 1.29 is 14.0 Å². The van der Waals surface area contributed by atoms with E-state index in [1.807, 2.05) is 11.1 Å². The molecule has 0 bridgehead atoms. The second-order valence-corrected chi connectivity index (χ2v) is 9.11. The maximum Gasteiger partial charge on any atom is 0.257 e. The summed E-state index contributed by atoms with van der Waals surface area (Å²) in [4.78, 5) is 30.4. The van der Waals surface area contributed by atoms with E-state index in [1.165, 1.54) is 4.90 Å². The van der Waals surface area contributed by atoms with Crippen molar-refractivity contribution in [2.45, 2.75) is 32.4 Å². The highest BCUT2D eigenvalue weighted by Gasteiger charge is 2.30. The zero-order valence-corrected chi connectivity index (χ0v) is 19.6. The van der Waals surface area contributed by atoms with Crippen LogP contribution in [0.5, 0.6) is 0 Å². The number of rotatable bonds is 4. The summed E-state index contributed by atoms with van der Waals surface area (Å²) in [6.45, 7) is 4.61. The first-order valence-corrected chi connectivity index (χ1v) is 11.5. The van der Waals surface area contributed by atoms with Gasteiger partial charge in [0.15, 0.2) is 0 Å². The summed E-state index contributed by atoms with van der Waals surface area (Å²) < 4.78 is 17.1. The molecular formula is C24H28FN7O2. The van der Waals surface area contributed by atoms with E-state index in [-0.39, 0.29) is 23.7 Å². The fraction of sp³-hybridized carbons (Fsp3) is 0.417. The average molecular weight is 466 g/mol. The topological polar surface area (TPSA) is 90.4 Å². The van der Waals surface area contributed by atoms with Crippen molar-refractivity contribution in [3.05, 3.63) is 53.2 Å². The SMILES string of the molecule is C[C@@H]1CN(C(=O)c2cnn(C)c2)CCN1Cc1c[nH]nc1-c1ccc2c(c1F)CCC(=O)N2C. The Hall–Kier alpha value is -3.53. The van der Waals surface area contributed by atoms with Gasteiger partial charge in [0.25, 0.3) is 5.91 Å². The molecule has 5 rings (SSSR count). The van der Waals surface area contributed by atoms with Crippen LogP contribution >= 0.6 is 0 Å². The van der Waals surface area contributed by atoms with Crippen LogP contribution < -0.4 is 4.90 Å². The Balaban J connectivity index is 1.32. The molecule has 3 aromatic rings. The lowest BCUT2D eigenvalue weighted by molar-refractivity contribution is -0.118. The number of H-pyrrole nitrogens is 1. The summed E-state index contributed by atoms with van der Waals surface area (Å²) in [5, 5.41) is 11.3. The van der Waals surface area contributed by atoms with Gasteiger partial charge in [-0.05, 0) is 25.5 Å². The summed E-state index contributed by atoms with van der Waals surface area (Å²) in [5.41, 5.74) is 3.70. The van der Waals surface area contributed by atoms with Crippen LogP contribution in [0.25, 0.3) is 11.3 Å². The Morgan fingerprint density at radius 2 is 2.06 bits per heavy atom. The average Bonchev–Trinajstić information content (AvgIpc) is 3.46. The molecule has 2 aromatic heterocycles. The van der Waals surface area contributed by atoms with Crippen molar-refractivity contribution in [3.8, 4) is 11.3 Å². The lowest BCUT2D eigenvalue weighted by Gasteiger charge is -2.39. The van der Waals surface area contributed by atoms with Crippen molar-refractivity contribution in [2.75, 3.05) is 31.6 Å². The van der Waals surface area contributed by atoms with Crippen LogP contribution in [0.1, 0.15) is 34.8 Å². The Morgan fingerprint density at radius 3 is 2.79 bits per heavy atom. The van der Waals surface area contributed by atoms with E-state index in [1.54, 1.807) is 43.3 Å². The molecule has 2 aliphatic rings. The third kappa shape index (κ3) is 3.87. The molecule has 178 valence electrons. The van der Waals surface area contributed by atoms with Crippen molar-refractivity contribution in [3.63, 3.8) is 0 Å². The number of carbonyl (C=O) groups excluding carboxylic acids is 2. The van der Waals surface area contributed by atoms with E-state index in [4.69, 9.17) is 0 Å². The van der Waals surface area contributed by atoms with Gasteiger partial charge in [-0.3, -0.25) is 24.3 Å². The largest absolute Gasteiger partial charge is 0.336 e.